The van der Waals surface area contributed by atoms with E-state index in [-0.39, 0.29) is 36.7 Å². The maximum absolute atomic E-state index is 14.4. The minimum Gasteiger partial charge on any atom is -0.353 e. The Labute approximate surface area is 169 Å². The molecule has 2 fully saturated rings. The van der Waals surface area contributed by atoms with E-state index in [1.165, 1.54) is 0 Å². The Morgan fingerprint density at radius 3 is 2.62 bits per heavy atom. The summed E-state index contributed by atoms with van der Waals surface area (Å²) in [5.74, 6) is -2.30. The van der Waals surface area contributed by atoms with Gasteiger partial charge in [0, 0.05) is 35.4 Å². The first-order chi connectivity index (χ1) is 13.7. The van der Waals surface area contributed by atoms with E-state index in [9.17, 15) is 22.8 Å². The summed E-state index contributed by atoms with van der Waals surface area (Å²) in [4.78, 5) is 25.0. The molecule has 2 N–H and O–H groups in total. The zero-order valence-electron chi connectivity index (χ0n) is 16.8. The number of halogens is 3. The lowest BCUT2D eigenvalue weighted by Gasteiger charge is -2.41. The average molecular weight is 411 g/mol. The highest BCUT2D eigenvalue weighted by molar-refractivity contribution is 6.00. The molecule has 0 aromatic carbocycles. The highest BCUT2D eigenvalue weighted by atomic mass is 19.2. The molecule has 1 heterocycles. The zero-order chi connectivity index (χ0) is 21.3. The average Bonchev–Trinajstić information content (AvgIpc) is 2.67. The van der Waals surface area contributed by atoms with E-state index in [0.29, 0.717) is 24.8 Å². The first-order valence-electron chi connectivity index (χ1n) is 10.3. The largest absolute Gasteiger partial charge is 0.353 e. The quantitative estimate of drug-likeness (QED) is 0.746. The van der Waals surface area contributed by atoms with Gasteiger partial charge in [-0.25, -0.2) is 13.2 Å². The van der Waals surface area contributed by atoms with Crippen molar-refractivity contribution in [1.29, 1.82) is 5.26 Å². The van der Waals surface area contributed by atoms with Crippen LogP contribution in [0.3, 0.4) is 0 Å². The predicted molar refractivity (Wildman–Crippen MR) is 101 cm³/mol. The number of nitriles is 1. The Morgan fingerprint density at radius 1 is 1.24 bits per heavy atom. The molecular weight excluding hydrogens is 383 g/mol. The summed E-state index contributed by atoms with van der Waals surface area (Å²) in [5.41, 5.74) is 0.590. The van der Waals surface area contributed by atoms with Gasteiger partial charge in [0.15, 0.2) is 0 Å². The summed E-state index contributed by atoms with van der Waals surface area (Å²) < 4.78 is 42.6. The molecule has 0 aromatic heterocycles. The van der Waals surface area contributed by atoms with Crippen molar-refractivity contribution in [3.05, 3.63) is 11.1 Å². The van der Waals surface area contributed by atoms with Gasteiger partial charge in [-0.2, -0.15) is 5.26 Å². The highest BCUT2D eigenvalue weighted by Gasteiger charge is 2.45. The van der Waals surface area contributed by atoms with Gasteiger partial charge in [0.05, 0.1) is 12.5 Å². The Balaban J connectivity index is 1.65. The molecule has 8 heteroatoms. The predicted octanol–water partition coefficient (Wildman–Crippen LogP) is 3.06. The molecule has 2 saturated carbocycles. The molecule has 1 aliphatic heterocycles. The van der Waals surface area contributed by atoms with Gasteiger partial charge >= 0.3 is 0 Å². The maximum atomic E-state index is 14.4. The number of carbonyl (C=O) groups is 2. The Hall–Kier alpha value is -2.04. The zero-order valence-corrected chi connectivity index (χ0v) is 16.8. The van der Waals surface area contributed by atoms with Crippen molar-refractivity contribution in [1.82, 2.24) is 10.6 Å². The summed E-state index contributed by atoms with van der Waals surface area (Å²) in [6.45, 7) is 3.31. The molecule has 3 rings (SSSR count). The normalized spacial score (nSPS) is 38.5. The Bertz CT molecular complexity index is 735. The number of alkyl halides is 3. The van der Waals surface area contributed by atoms with Gasteiger partial charge in [0.1, 0.15) is 18.5 Å². The molecule has 0 saturated heterocycles. The van der Waals surface area contributed by atoms with Crippen molar-refractivity contribution in [3.63, 3.8) is 0 Å². The second-order valence-corrected chi connectivity index (χ2v) is 8.66. The fourth-order valence-corrected chi connectivity index (χ4v) is 5.07. The van der Waals surface area contributed by atoms with E-state index >= 15 is 0 Å². The monoisotopic (exact) mass is 411 g/mol. The van der Waals surface area contributed by atoms with Crippen LogP contribution in [0, 0.1) is 29.1 Å². The van der Waals surface area contributed by atoms with Crippen LogP contribution >= 0.6 is 0 Å². The van der Waals surface area contributed by atoms with Crippen molar-refractivity contribution < 1.29 is 22.8 Å². The molecule has 0 bridgehead atoms. The van der Waals surface area contributed by atoms with Gasteiger partial charge in [0.25, 0.3) is 0 Å². The number of hydrogen-bond donors (Lipinski definition) is 2. The van der Waals surface area contributed by atoms with Crippen LogP contribution in [0.2, 0.25) is 0 Å². The van der Waals surface area contributed by atoms with Gasteiger partial charge in [-0.05, 0) is 46.0 Å². The van der Waals surface area contributed by atoms with Gasteiger partial charge in [0.2, 0.25) is 11.8 Å². The molecule has 5 nitrogen and oxygen atoms in total. The maximum Gasteiger partial charge on any atom is 0.247 e. The number of rotatable bonds is 4. The van der Waals surface area contributed by atoms with Gasteiger partial charge in [-0.3, -0.25) is 9.59 Å². The number of nitrogens with one attached hydrogen (secondary N) is 2. The highest BCUT2D eigenvalue weighted by Crippen LogP contribution is 2.39. The van der Waals surface area contributed by atoms with Crippen molar-refractivity contribution in [2.75, 3.05) is 0 Å². The lowest BCUT2D eigenvalue weighted by Crippen LogP contribution is -2.54. The molecule has 7 unspecified atom stereocenters. The van der Waals surface area contributed by atoms with Crippen molar-refractivity contribution in [2.45, 2.75) is 83.0 Å². The molecule has 0 spiro atoms. The third-order valence-corrected chi connectivity index (χ3v) is 6.82. The van der Waals surface area contributed by atoms with Crippen LogP contribution in [0.5, 0.6) is 0 Å². The number of fused-ring (bicyclic) bond motifs is 1. The van der Waals surface area contributed by atoms with E-state index in [0.717, 1.165) is 0 Å². The molecule has 29 heavy (non-hydrogen) atoms. The smallest absolute Gasteiger partial charge is 0.247 e. The van der Waals surface area contributed by atoms with Crippen LogP contribution in [-0.4, -0.2) is 42.4 Å². The summed E-state index contributed by atoms with van der Waals surface area (Å²) in [7, 11) is 0. The second-order valence-electron chi connectivity index (χ2n) is 8.66. The number of carbonyl (C=O) groups excluding carboxylic acids is 2. The number of nitrogens with zero attached hydrogens (tertiary/aromatic N) is 1. The van der Waals surface area contributed by atoms with E-state index in [1.54, 1.807) is 13.8 Å². The van der Waals surface area contributed by atoms with Crippen molar-refractivity contribution in [2.24, 2.45) is 17.8 Å². The third-order valence-electron chi connectivity index (χ3n) is 6.82. The van der Waals surface area contributed by atoms with Crippen LogP contribution < -0.4 is 10.6 Å². The summed E-state index contributed by atoms with van der Waals surface area (Å²) in [6, 6.07) is 1.20. The standard InChI is InChI=1S/C21H28F3N3O2/c1-10-14(21(29)27-17-6-5-15(22)20(24)19(10)17)8-18(28)26-11(2)13-4-3-12(9-25)7-16(13)23/h11-13,15-17,19-20H,3-8H2,1-2H3,(H,26,28)(H,27,29)/t11-,12?,13?,15?,16?,17?,19?,20?/m1/s1. The van der Waals surface area contributed by atoms with Crippen LogP contribution in [-0.2, 0) is 9.59 Å². The molecule has 0 radical (unpaired) electrons. The topological polar surface area (TPSA) is 82.0 Å². The fourth-order valence-electron chi connectivity index (χ4n) is 5.07. The third kappa shape index (κ3) is 4.44. The lowest BCUT2D eigenvalue weighted by molar-refractivity contribution is -0.125. The molecule has 8 atom stereocenters. The molecule has 2 amide bonds. The van der Waals surface area contributed by atoms with Gasteiger partial charge in [-0.1, -0.05) is 5.57 Å². The van der Waals surface area contributed by atoms with E-state index < -0.39 is 48.3 Å². The second kappa shape index (κ2) is 8.76. The first-order valence-corrected chi connectivity index (χ1v) is 10.3. The first kappa shape index (κ1) is 21.7. The fraction of sp³-hybridized carbons (Fsp3) is 0.762. The van der Waals surface area contributed by atoms with Crippen LogP contribution in [0.1, 0.15) is 52.4 Å². The van der Waals surface area contributed by atoms with Crippen molar-refractivity contribution >= 4 is 11.8 Å². The lowest BCUT2D eigenvalue weighted by atomic mass is 9.73. The number of hydrogen-bond acceptors (Lipinski definition) is 3. The molecule has 160 valence electrons. The summed E-state index contributed by atoms with van der Waals surface area (Å²) >= 11 is 0. The van der Waals surface area contributed by atoms with E-state index in [1.807, 2.05) is 0 Å². The summed E-state index contributed by atoms with van der Waals surface area (Å²) in [5, 5.41) is 14.4. The van der Waals surface area contributed by atoms with Gasteiger partial charge in [-0.15, -0.1) is 0 Å². The van der Waals surface area contributed by atoms with Crippen LogP contribution in [0.4, 0.5) is 13.2 Å². The van der Waals surface area contributed by atoms with Crippen LogP contribution in [0.25, 0.3) is 0 Å². The minimum atomic E-state index is -1.70. The SMILES string of the molecule is CC1=C(CC(=O)N[C@H](C)C2CCC(C#N)CC2F)C(=O)NC2CCC(F)C(F)C12. The molecule has 0 aromatic rings. The summed E-state index contributed by atoms with van der Waals surface area (Å²) in [6.07, 6.45) is -2.97. The minimum absolute atomic E-state index is 0.0711. The van der Waals surface area contributed by atoms with Crippen molar-refractivity contribution in [3.8, 4) is 6.07 Å². The number of amides is 2. The molecular formula is C21H28F3N3O2. The van der Waals surface area contributed by atoms with Crippen LogP contribution in [0.15, 0.2) is 11.1 Å². The van der Waals surface area contributed by atoms with Gasteiger partial charge < -0.3 is 10.6 Å². The Morgan fingerprint density at radius 2 is 1.97 bits per heavy atom. The Kier molecular flexibility index (Phi) is 6.55. The molecule has 2 aliphatic carbocycles. The van der Waals surface area contributed by atoms with E-state index in [4.69, 9.17) is 5.26 Å². The molecule has 3 aliphatic rings. The van der Waals surface area contributed by atoms with E-state index in [2.05, 4.69) is 16.7 Å².